The van der Waals surface area contributed by atoms with Crippen LogP contribution in [0.4, 0.5) is 0 Å². The second-order valence-corrected chi connectivity index (χ2v) is 12.3. The molecule has 6 aromatic heterocycles. The van der Waals surface area contributed by atoms with Gasteiger partial charge in [0.25, 0.3) is 0 Å². The van der Waals surface area contributed by atoms with Crippen LogP contribution in [0.5, 0.6) is 0 Å². The first-order valence-corrected chi connectivity index (χ1v) is 17.8. The minimum atomic E-state index is -2.02. The van der Waals surface area contributed by atoms with Crippen molar-refractivity contribution >= 4 is 35.8 Å². The number of nitrogens with zero attached hydrogens (tertiary/aromatic N) is 6. The lowest BCUT2D eigenvalue weighted by atomic mass is 10.0. The smallest absolute Gasteiger partial charge is 0.340 e. The van der Waals surface area contributed by atoms with E-state index in [0.29, 0.717) is 0 Å². The van der Waals surface area contributed by atoms with E-state index in [0.717, 1.165) is 0 Å². The normalized spacial score (nSPS) is 12.6. The predicted molar refractivity (Wildman–Crippen MR) is 203 cm³/mol. The quantitative estimate of drug-likeness (QED) is 0.0935. The van der Waals surface area contributed by atoms with Gasteiger partial charge < -0.3 is 28.4 Å². The van der Waals surface area contributed by atoms with Crippen LogP contribution in [0, 0.1) is 0 Å². The van der Waals surface area contributed by atoms with Gasteiger partial charge in [0.1, 0.15) is 13.2 Å². The molecule has 0 aliphatic rings. The molecular weight excluding hydrogens is 780 g/mol. The molecule has 6 aromatic rings. The molecule has 6 rings (SSSR count). The molecular formula is C42H32N6O12. The minimum absolute atomic E-state index is 0.00360. The van der Waals surface area contributed by atoms with Gasteiger partial charge in [-0.1, -0.05) is 0 Å². The summed E-state index contributed by atoms with van der Waals surface area (Å²) >= 11 is 0. The van der Waals surface area contributed by atoms with Crippen molar-refractivity contribution in [2.24, 2.45) is 0 Å². The van der Waals surface area contributed by atoms with Gasteiger partial charge in [0, 0.05) is 74.4 Å². The predicted octanol–water partition coefficient (Wildman–Crippen LogP) is 3.97. The summed E-state index contributed by atoms with van der Waals surface area (Å²) in [4.78, 5) is 106. The molecule has 0 unspecified atom stereocenters. The summed E-state index contributed by atoms with van der Waals surface area (Å²) in [5, 5.41) is 0. The van der Waals surface area contributed by atoms with E-state index in [1.165, 1.54) is 147 Å². The monoisotopic (exact) mass is 812 g/mol. The molecule has 18 heteroatoms. The molecule has 0 saturated carbocycles. The summed E-state index contributed by atoms with van der Waals surface area (Å²) in [7, 11) is 0. The Balaban J connectivity index is 1.48. The molecule has 0 aliphatic heterocycles. The Kier molecular flexibility index (Phi) is 14.3. The zero-order valence-electron chi connectivity index (χ0n) is 31.2. The Morgan fingerprint density at radius 1 is 0.350 bits per heavy atom. The molecule has 0 saturated heterocycles. The van der Waals surface area contributed by atoms with Crippen molar-refractivity contribution in [1.82, 2.24) is 29.9 Å². The Morgan fingerprint density at radius 2 is 0.583 bits per heavy atom. The van der Waals surface area contributed by atoms with Crippen LogP contribution >= 0.6 is 0 Å². The van der Waals surface area contributed by atoms with E-state index >= 15 is 0 Å². The molecule has 302 valence electrons. The Bertz CT molecular complexity index is 2200. The van der Waals surface area contributed by atoms with Crippen LogP contribution in [0.3, 0.4) is 0 Å². The molecule has 18 nitrogen and oxygen atoms in total. The number of hydrogen-bond acceptors (Lipinski definition) is 18. The largest absolute Gasteiger partial charge is 0.458 e. The van der Waals surface area contributed by atoms with Gasteiger partial charge in [0.2, 0.25) is 0 Å². The lowest BCUT2D eigenvalue weighted by Gasteiger charge is -2.35. The maximum Gasteiger partial charge on any atom is 0.340 e. The second-order valence-electron chi connectivity index (χ2n) is 12.3. The maximum absolute atomic E-state index is 14.0. The third-order valence-electron chi connectivity index (χ3n) is 8.20. The number of pyridine rings is 6. The van der Waals surface area contributed by atoms with Crippen molar-refractivity contribution in [3.63, 3.8) is 0 Å². The summed E-state index contributed by atoms with van der Waals surface area (Å²) in [6, 6.07) is 17.1. The van der Waals surface area contributed by atoms with Gasteiger partial charge in [0.15, 0.2) is 24.4 Å². The highest BCUT2D eigenvalue weighted by Gasteiger charge is 2.46. The van der Waals surface area contributed by atoms with Gasteiger partial charge in [-0.15, -0.1) is 0 Å². The summed E-state index contributed by atoms with van der Waals surface area (Å²) in [5.74, 6) is -6.15. The lowest BCUT2D eigenvalue weighted by Crippen LogP contribution is -2.54. The van der Waals surface area contributed by atoms with Crippen molar-refractivity contribution < 1.29 is 57.2 Å². The number of hydrogen-bond donors (Lipinski definition) is 0. The SMILES string of the molecule is O=C(OC[C@H](OC(=O)c1cccnc1)[C@H](OC(=O)c1cccnc1)[C@H](OC(=O)c1cccnc1)[C@@H](COC(=O)c1cccnc1)OC(=O)c1cccnc1)c1cccnc1. The highest BCUT2D eigenvalue weighted by atomic mass is 16.6. The van der Waals surface area contributed by atoms with Gasteiger partial charge in [-0.2, -0.15) is 0 Å². The number of esters is 6. The average molecular weight is 813 g/mol. The van der Waals surface area contributed by atoms with Gasteiger partial charge >= 0.3 is 35.8 Å². The van der Waals surface area contributed by atoms with E-state index < -0.39 is 73.4 Å². The standard InChI is InChI=1S/C42H32N6O12/c49-37(27-7-1-13-43-19-27)55-25-33(57-39(51)29-9-3-15-45-21-29)35(59-41(53)31-11-5-17-47-23-31)36(60-42(54)32-12-6-18-48-24-32)34(58-40(52)30-10-4-16-46-22-30)26-56-38(50)28-8-2-14-44-20-28/h1-24,33-36H,25-26H2/t33-,34+,35-,36+. The summed E-state index contributed by atoms with van der Waals surface area (Å²) in [5.41, 5.74) is -0.375. The summed E-state index contributed by atoms with van der Waals surface area (Å²) in [6.07, 6.45) is 7.86. The molecule has 6 heterocycles. The molecule has 0 radical (unpaired) electrons. The van der Waals surface area contributed by atoms with Crippen LogP contribution in [-0.4, -0.2) is 103 Å². The zero-order chi connectivity index (χ0) is 42.1. The summed E-state index contributed by atoms with van der Waals surface area (Å²) < 4.78 is 35.0. The van der Waals surface area contributed by atoms with Crippen LogP contribution in [0.1, 0.15) is 62.1 Å². The van der Waals surface area contributed by atoms with Crippen molar-refractivity contribution in [3.05, 3.63) is 181 Å². The summed E-state index contributed by atoms with van der Waals surface area (Å²) in [6.45, 7) is -1.71. The van der Waals surface area contributed by atoms with Crippen molar-refractivity contribution in [1.29, 1.82) is 0 Å². The van der Waals surface area contributed by atoms with Crippen molar-refractivity contribution in [2.75, 3.05) is 13.2 Å². The van der Waals surface area contributed by atoms with Gasteiger partial charge in [-0.25, -0.2) is 28.8 Å². The molecule has 0 N–H and O–H groups in total. The fourth-order valence-corrected chi connectivity index (χ4v) is 5.28. The van der Waals surface area contributed by atoms with E-state index in [9.17, 15) is 28.8 Å². The third-order valence-corrected chi connectivity index (χ3v) is 8.20. The fourth-order valence-electron chi connectivity index (χ4n) is 5.28. The second kappa shape index (κ2) is 20.8. The van der Waals surface area contributed by atoms with Crippen LogP contribution < -0.4 is 0 Å². The van der Waals surface area contributed by atoms with E-state index in [4.69, 9.17) is 28.4 Å². The van der Waals surface area contributed by atoms with Gasteiger partial charge in [-0.05, 0) is 72.8 Å². The first-order chi connectivity index (χ1) is 29.3. The molecule has 0 fully saturated rings. The Hall–Kier alpha value is -8.28. The first kappa shape index (κ1) is 41.4. The van der Waals surface area contributed by atoms with E-state index in [2.05, 4.69) is 29.9 Å². The van der Waals surface area contributed by atoms with Crippen molar-refractivity contribution in [3.8, 4) is 0 Å². The van der Waals surface area contributed by atoms with E-state index in [1.54, 1.807) is 0 Å². The van der Waals surface area contributed by atoms with Crippen LogP contribution in [-0.2, 0) is 28.4 Å². The number of ether oxygens (including phenoxy) is 6. The molecule has 0 bridgehead atoms. The Morgan fingerprint density at radius 3 is 0.817 bits per heavy atom. The average Bonchev–Trinajstić information content (AvgIpc) is 3.31. The van der Waals surface area contributed by atoms with Crippen LogP contribution in [0.25, 0.3) is 0 Å². The molecule has 0 aliphatic carbocycles. The van der Waals surface area contributed by atoms with Crippen LogP contribution in [0.15, 0.2) is 147 Å². The minimum Gasteiger partial charge on any atom is -0.458 e. The van der Waals surface area contributed by atoms with E-state index in [1.807, 2.05) is 0 Å². The number of rotatable bonds is 17. The van der Waals surface area contributed by atoms with Crippen LogP contribution in [0.2, 0.25) is 0 Å². The Labute approximate surface area is 340 Å². The molecule has 60 heavy (non-hydrogen) atoms. The molecule has 0 amide bonds. The fraction of sp³-hybridized carbons (Fsp3) is 0.143. The lowest BCUT2D eigenvalue weighted by molar-refractivity contribution is -0.138. The third kappa shape index (κ3) is 11.4. The first-order valence-electron chi connectivity index (χ1n) is 17.8. The highest BCUT2D eigenvalue weighted by molar-refractivity contribution is 5.92. The van der Waals surface area contributed by atoms with Gasteiger partial charge in [-0.3, -0.25) is 29.9 Å². The zero-order valence-corrected chi connectivity index (χ0v) is 31.2. The van der Waals surface area contributed by atoms with E-state index in [-0.39, 0.29) is 33.4 Å². The maximum atomic E-state index is 14.0. The molecule has 0 aromatic carbocycles. The topological polar surface area (TPSA) is 235 Å². The number of carbonyl (C=O) groups is 6. The highest BCUT2D eigenvalue weighted by Crippen LogP contribution is 2.25. The van der Waals surface area contributed by atoms with Crippen molar-refractivity contribution in [2.45, 2.75) is 24.4 Å². The van der Waals surface area contributed by atoms with Gasteiger partial charge in [0.05, 0.1) is 33.4 Å². The molecule has 4 atom stereocenters. The number of aromatic nitrogens is 6. The molecule has 0 spiro atoms. The number of carbonyl (C=O) groups excluding carboxylic acids is 6.